The molecule has 3 heteroatoms. The highest BCUT2D eigenvalue weighted by Crippen LogP contribution is 2.51. The summed E-state index contributed by atoms with van der Waals surface area (Å²) in [5.41, 5.74) is 1.36. The molecular weight excluding hydrogens is 244 g/mol. The van der Waals surface area contributed by atoms with Crippen LogP contribution < -0.4 is 0 Å². The predicted octanol–water partition coefficient (Wildman–Crippen LogP) is 4.20. The van der Waals surface area contributed by atoms with Gasteiger partial charge in [-0.2, -0.15) is 0 Å². The smallest absolute Gasteiger partial charge is 0.367 e. The number of benzene rings is 2. The van der Waals surface area contributed by atoms with E-state index >= 15 is 0 Å². The molecule has 0 radical (unpaired) electrons. The Kier molecular flexibility index (Phi) is 3.00. The second-order valence-electron chi connectivity index (χ2n) is 4.52. The zero-order chi connectivity index (χ0) is 12.5. The first kappa shape index (κ1) is 11.6. The molecule has 0 spiro atoms. The van der Waals surface area contributed by atoms with Crippen molar-refractivity contribution >= 4 is 27.8 Å². The third-order valence-corrected chi connectivity index (χ3v) is 4.55. The Hall–Kier alpha value is -1.48. The number of carbonyl (C=O) groups is 1. The van der Waals surface area contributed by atoms with Crippen LogP contribution in [0.4, 0.5) is 4.79 Å². The van der Waals surface area contributed by atoms with E-state index in [9.17, 15) is 4.79 Å². The van der Waals surface area contributed by atoms with Crippen molar-refractivity contribution in [1.29, 1.82) is 0 Å². The molecule has 2 atom stereocenters. The number of methoxy groups -OCH3 is 1. The summed E-state index contributed by atoms with van der Waals surface area (Å²) in [5, 5.41) is 2.77. The lowest BCUT2D eigenvalue weighted by atomic mass is 10.0. The molecule has 0 amide bonds. The number of hydrogen-bond donors (Lipinski definition) is 0. The van der Waals surface area contributed by atoms with Gasteiger partial charge in [0, 0.05) is 5.25 Å². The summed E-state index contributed by atoms with van der Waals surface area (Å²) in [6.07, 6.45) is 1.06. The van der Waals surface area contributed by atoms with Gasteiger partial charge in [0.2, 0.25) is 0 Å². The number of ether oxygens (including phenoxy) is 1. The molecule has 18 heavy (non-hydrogen) atoms. The number of hydrogen-bond acceptors (Lipinski definition) is 3. The summed E-state index contributed by atoms with van der Waals surface area (Å²) < 4.78 is 4.70. The maximum Gasteiger partial charge on any atom is 0.367 e. The van der Waals surface area contributed by atoms with Crippen LogP contribution in [0, 0.1) is 0 Å². The third kappa shape index (κ3) is 2.10. The quantitative estimate of drug-likeness (QED) is 0.755. The van der Waals surface area contributed by atoms with Gasteiger partial charge in [-0.25, -0.2) is 4.79 Å². The van der Waals surface area contributed by atoms with Crippen LogP contribution in [-0.2, 0) is 4.74 Å². The minimum absolute atomic E-state index is 0.178. The predicted molar refractivity (Wildman–Crippen MR) is 75.1 cm³/mol. The zero-order valence-electron chi connectivity index (χ0n) is 10.1. The Balaban J connectivity index is 1.86. The Labute approximate surface area is 110 Å². The molecule has 2 nitrogen and oxygen atoms in total. The van der Waals surface area contributed by atoms with E-state index in [1.54, 1.807) is 0 Å². The lowest BCUT2D eigenvalue weighted by Gasteiger charge is -2.05. The van der Waals surface area contributed by atoms with E-state index in [0.29, 0.717) is 11.2 Å². The molecule has 3 rings (SSSR count). The summed E-state index contributed by atoms with van der Waals surface area (Å²) in [6, 6.07) is 14.8. The maximum absolute atomic E-state index is 11.2. The molecule has 2 aromatic carbocycles. The number of thioether (sulfide) groups is 1. The topological polar surface area (TPSA) is 26.3 Å². The minimum Gasteiger partial charge on any atom is -0.461 e. The highest BCUT2D eigenvalue weighted by molar-refractivity contribution is 8.14. The third-order valence-electron chi connectivity index (χ3n) is 3.37. The van der Waals surface area contributed by atoms with E-state index in [1.807, 2.05) is 0 Å². The van der Waals surface area contributed by atoms with Crippen LogP contribution in [0.3, 0.4) is 0 Å². The molecule has 1 aliphatic rings. The first-order chi connectivity index (χ1) is 8.79. The summed E-state index contributed by atoms with van der Waals surface area (Å²) in [4.78, 5) is 11.2. The SMILES string of the molecule is COC(=O)SC1CC1c1cccc2ccccc12. The first-order valence-corrected chi connectivity index (χ1v) is 6.90. The molecule has 0 bridgehead atoms. The standard InChI is InChI=1S/C15H14O2S/c1-17-15(16)18-14-9-13(14)12-8-4-6-10-5-2-3-7-11(10)12/h2-8,13-14H,9H2,1H3. The number of fused-ring (bicyclic) bond motifs is 1. The molecule has 0 N–H and O–H groups in total. The lowest BCUT2D eigenvalue weighted by molar-refractivity contribution is 0.200. The van der Waals surface area contributed by atoms with Crippen LogP contribution in [0.2, 0.25) is 0 Å². The molecule has 2 aromatic rings. The number of rotatable bonds is 2. The second-order valence-corrected chi connectivity index (χ2v) is 5.70. The summed E-state index contributed by atoms with van der Waals surface area (Å²) in [7, 11) is 1.44. The minimum atomic E-state index is -0.178. The van der Waals surface area contributed by atoms with Gasteiger partial charge in [-0.05, 0) is 40.4 Å². The molecule has 0 heterocycles. The fourth-order valence-electron chi connectivity index (χ4n) is 2.37. The Morgan fingerprint density at radius 3 is 2.83 bits per heavy atom. The van der Waals surface area contributed by atoms with Gasteiger partial charge in [-0.15, -0.1) is 0 Å². The second kappa shape index (κ2) is 4.65. The average molecular weight is 258 g/mol. The van der Waals surface area contributed by atoms with Gasteiger partial charge >= 0.3 is 5.30 Å². The Morgan fingerprint density at radius 1 is 1.22 bits per heavy atom. The summed E-state index contributed by atoms with van der Waals surface area (Å²) in [5.74, 6) is 0.486. The highest BCUT2D eigenvalue weighted by Gasteiger charge is 2.41. The molecular formula is C15H14O2S. The fourth-order valence-corrected chi connectivity index (χ4v) is 3.33. The van der Waals surface area contributed by atoms with Gasteiger partial charge in [0.05, 0.1) is 7.11 Å². The number of carbonyl (C=O) groups excluding carboxylic acids is 1. The molecule has 1 fully saturated rings. The van der Waals surface area contributed by atoms with Crippen LogP contribution in [0.15, 0.2) is 42.5 Å². The van der Waals surface area contributed by atoms with Crippen molar-refractivity contribution in [1.82, 2.24) is 0 Å². The van der Waals surface area contributed by atoms with Gasteiger partial charge in [0.25, 0.3) is 0 Å². The van der Waals surface area contributed by atoms with E-state index < -0.39 is 0 Å². The molecule has 1 aliphatic carbocycles. The fraction of sp³-hybridized carbons (Fsp3) is 0.267. The van der Waals surface area contributed by atoms with Gasteiger partial charge in [0.15, 0.2) is 0 Å². The normalized spacial score (nSPS) is 21.8. The van der Waals surface area contributed by atoms with Crippen molar-refractivity contribution in [2.45, 2.75) is 17.6 Å². The van der Waals surface area contributed by atoms with Crippen molar-refractivity contribution in [2.24, 2.45) is 0 Å². The largest absolute Gasteiger partial charge is 0.461 e. The van der Waals surface area contributed by atoms with E-state index in [2.05, 4.69) is 42.5 Å². The van der Waals surface area contributed by atoms with Crippen molar-refractivity contribution in [2.75, 3.05) is 7.11 Å². The van der Waals surface area contributed by atoms with Crippen molar-refractivity contribution in [3.8, 4) is 0 Å². The van der Waals surface area contributed by atoms with Crippen LogP contribution in [0.5, 0.6) is 0 Å². The molecule has 0 saturated heterocycles. The van der Waals surface area contributed by atoms with E-state index in [4.69, 9.17) is 4.74 Å². The van der Waals surface area contributed by atoms with Crippen LogP contribution in [0.25, 0.3) is 10.8 Å². The highest BCUT2D eigenvalue weighted by atomic mass is 32.2. The van der Waals surface area contributed by atoms with Gasteiger partial charge < -0.3 is 4.74 Å². The first-order valence-electron chi connectivity index (χ1n) is 6.02. The van der Waals surface area contributed by atoms with Crippen molar-refractivity contribution in [3.63, 3.8) is 0 Å². The van der Waals surface area contributed by atoms with Gasteiger partial charge in [-0.1, -0.05) is 42.5 Å². The Morgan fingerprint density at radius 2 is 2.00 bits per heavy atom. The van der Waals surface area contributed by atoms with E-state index in [-0.39, 0.29) is 5.30 Å². The van der Waals surface area contributed by atoms with Crippen LogP contribution in [0.1, 0.15) is 17.9 Å². The van der Waals surface area contributed by atoms with Crippen molar-refractivity contribution < 1.29 is 9.53 Å². The molecule has 0 aromatic heterocycles. The van der Waals surface area contributed by atoms with Crippen molar-refractivity contribution in [3.05, 3.63) is 48.0 Å². The average Bonchev–Trinajstić information content (AvgIpc) is 3.17. The van der Waals surface area contributed by atoms with E-state index in [0.717, 1.165) is 6.42 Å². The Bertz CT molecular complexity index is 589. The molecule has 92 valence electrons. The van der Waals surface area contributed by atoms with Gasteiger partial charge in [0.1, 0.15) is 0 Å². The van der Waals surface area contributed by atoms with Crippen LogP contribution >= 0.6 is 11.8 Å². The lowest BCUT2D eigenvalue weighted by Crippen LogP contribution is -1.94. The molecule has 0 aliphatic heterocycles. The van der Waals surface area contributed by atoms with E-state index in [1.165, 1.54) is 35.2 Å². The summed E-state index contributed by atoms with van der Waals surface area (Å²) >= 11 is 1.32. The molecule has 1 saturated carbocycles. The molecule has 2 unspecified atom stereocenters. The van der Waals surface area contributed by atoms with Gasteiger partial charge in [-0.3, -0.25) is 0 Å². The summed E-state index contributed by atoms with van der Waals surface area (Å²) in [6.45, 7) is 0. The monoisotopic (exact) mass is 258 g/mol. The van der Waals surface area contributed by atoms with Crippen LogP contribution in [-0.4, -0.2) is 17.7 Å². The maximum atomic E-state index is 11.2. The zero-order valence-corrected chi connectivity index (χ0v) is 10.9.